The number of ether oxygens (including phenoxy) is 2. The summed E-state index contributed by atoms with van der Waals surface area (Å²) in [5.74, 6) is -0.637. The molecule has 0 saturated heterocycles. The molecule has 5 nitrogen and oxygen atoms in total. The van der Waals surface area contributed by atoms with Crippen molar-refractivity contribution < 1.29 is 27.8 Å². The summed E-state index contributed by atoms with van der Waals surface area (Å²) in [5, 5.41) is 2.71. The molecule has 3 rings (SSSR count). The lowest BCUT2D eigenvalue weighted by Gasteiger charge is -2.27. The molecule has 0 spiro atoms. The van der Waals surface area contributed by atoms with Crippen LogP contribution in [0, 0.1) is 0 Å². The van der Waals surface area contributed by atoms with Crippen LogP contribution in [0.4, 0.5) is 8.78 Å². The molecule has 0 atom stereocenters. The minimum absolute atomic E-state index is 0.0870. The van der Waals surface area contributed by atoms with Gasteiger partial charge in [0.25, 0.3) is 5.91 Å². The summed E-state index contributed by atoms with van der Waals surface area (Å²) >= 11 is 0. The molecular formula is C23H25F2NO4. The van der Waals surface area contributed by atoms with Gasteiger partial charge in [0.2, 0.25) is 0 Å². The van der Waals surface area contributed by atoms with Crippen LogP contribution < -0.4 is 10.1 Å². The van der Waals surface area contributed by atoms with Crippen molar-refractivity contribution in [3.63, 3.8) is 0 Å². The Morgan fingerprint density at radius 1 is 1.00 bits per heavy atom. The molecule has 2 aromatic carbocycles. The molecular weight excluding hydrogens is 392 g/mol. The van der Waals surface area contributed by atoms with Crippen LogP contribution >= 0.6 is 0 Å². The van der Waals surface area contributed by atoms with E-state index in [0.717, 1.165) is 36.8 Å². The molecule has 2 aromatic rings. The number of hydrogen-bond donors (Lipinski definition) is 1. The van der Waals surface area contributed by atoms with Gasteiger partial charge in [0, 0.05) is 6.54 Å². The SMILES string of the molecule is O=C(COC(=O)C1(c2ccccc2)CCCC1)NCCc1ccc(OC(F)F)cc1. The Kier molecular flexibility index (Phi) is 7.38. The van der Waals surface area contributed by atoms with Crippen LogP contribution in [-0.4, -0.2) is 31.6 Å². The van der Waals surface area contributed by atoms with Crippen molar-refractivity contribution in [3.05, 3.63) is 65.7 Å². The number of carbonyl (C=O) groups is 2. The van der Waals surface area contributed by atoms with Gasteiger partial charge in [-0.1, -0.05) is 55.3 Å². The maximum Gasteiger partial charge on any atom is 0.387 e. The van der Waals surface area contributed by atoms with Crippen LogP contribution in [-0.2, 0) is 26.2 Å². The minimum Gasteiger partial charge on any atom is -0.455 e. The lowest BCUT2D eigenvalue weighted by atomic mass is 9.79. The van der Waals surface area contributed by atoms with Crippen molar-refractivity contribution in [2.75, 3.05) is 13.2 Å². The number of carbonyl (C=O) groups excluding carboxylic acids is 2. The first-order valence-electron chi connectivity index (χ1n) is 10.0. The number of alkyl halides is 2. The molecule has 0 bridgehead atoms. The number of nitrogens with one attached hydrogen (secondary N) is 1. The summed E-state index contributed by atoms with van der Waals surface area (Å²) in [4.78, 5) is 24.9. The molecule has 0 radical (unpaired) electrons. The second-order valence-electron chi connectivity index (χ2n) is 7.35. The summed E-state index contributed by atoms with van der Waals surface area (Å²) in [6, 6.07) is 15.8. The monoisotopic (exact) mass is 417 g/mol. The van der Waals surface area contributed by atoms with Gasteiger partial charge in [0.05, 0.1) is 5.41 Å². The lowest BCUT2D eigenvalue weighted by molar-refractivity contribution is -0.154. The van der Waals surface area contributed by atoms with E-state index in [-0.39, 0.29) is 24.2 Å². The fourth-order valence-electron chi connectivity index (χ4n) is 3.85. The zero-order chi connectivity index (χ0) is 21.4. The van der Waals surface area contributed by atoms with Crippen molar-refractivity contribution in [2.45, 2.75) is 44.1 Å². The molecule has 1 aliphatic rings. The standard InChI is InChI=1S/C23H25F2NO4/c24-22(25)30-19-10-8-17(9-11-19)12-15-26-20(27)16-29-21(28)23(13-4-5-14-23)18-6-2-1-3-7-18/h1-3,6-11,22H,4-5,12-16H2,(H,26,27). The third-order valence-electron chi connectivity index (χ3n) is 5.39. The Hall–Kier alpha value is -2.96. The molecule has 1 amide bonds. The Balaban J connectivity index is 1.44. The zero-order valence-electron chi connectivity index (χ0n) is 16.6. The predicted molar refractivity (Wildman–Crippen MR) is 107 cm³/mol. The van der Waals surface area contributed by atoms with Gasteiger partial charge in [-0.2, -0.15) is 8.78 Å². The first-order chi connectivity index (χ1) is 14.5. The highest BCUT2D eigenvalue weighted by Gasteiger charge is 2.44. The van der Waals surface area contributed by atoms with Gasteiger partial charge in [0.15, 0.2) is 6.61 Å². The van der Waals surface area contributed by atoms with Gasteiger partial charge in [-0.25, -0.2) is 0 Å². The first-order valence-corrected chi connectivity index (χ1v) is 10.0. The Morgan fingerprint density at radius 3 is 2.30 bits per heavy atom. The van der Waals surface area contributed by atoms with E-state index in [1.165, 1.54) is 12.1 Å². The van der Waals surface area contributed by atoms with Crippen LogP contribution in [0.25, 0.3) is 0 Å². The van der Waals surface area contributed by atoms with Crippen LogP contribution in [0.2, 0.25) is 0 Å². The van der Waals surface area contributed by atoms with Gasteiger partial charge in [-0.3, -0.25) is 9.59 Å². The molecule has 0 unspecified atom stereocenters. The quantitative estimate of drug-likeness (QED) is 0.627. The Labute approximate surface area is 174 Å². The largest absolute Gasteiger partial charge is 0.455 e. The van der Waals surface area contributed by atoms with Gasteiger partial charge in [-0.05, 0) is 42.5 Å². The number of halogens is 2. The first kappa shape index (κ1) is 21.7. The topological polar surface area (TPSA) is 64.6 Å². The number of rotatable bonds is 9. The van der Waals surface area contributed by atoms with Crippen molar-refractivity contribution in [2.24, 2.45) is 0 Å². The van der Waals surface area contributed by atoms with Crippen molar-refractivity contribution in [3.8, 4) is 5.75 Å². The van der Waals surface area contributed by atoms with E-state index >= 15 is 0 Å². The molecule has 1 aliphatic carbocycles. The number of benzene rings is 2. The van der Waals surface area contributed by atoms with Gasteiger partial charge in [0.1, 0.15) is 5.75 Å². The van der Waals surface area contributed by atoms with E-state index in [4.69, 9.17) is 4.74 Å². The van der Waals surface area contributed by atoms with Crippen molar-refractivity contribution >= 4 is 11.9 Å². The summed E-state index contributed by atoms with van der Waals surface area (Å²) < 4.78 is 34.0. The smallest absolute Gasteiger partial charge is 0.387 e. The predicted octanol–water partition coefficient (Wildman–Crippen LogP) is 4.00. The highest BCUT2D eigenvalue weighted by Crippen LogP contribution is 2.42. The zero-order valence-corrected chi connectivity index (χ0v) is 16.6. The van der Waals surface area contributed by atoms with Gasteiger partial charge < -0.3 is 14.8 Å². The van der Waals surface area contributed by atoms with Crippen LogP contribution in [0.5, 0.6) is 5.75 Å². The fourth-order valence-corrected chi connectivity index (χ4v) is 3.85. The number of hydrogen-bond acceptors (Lipinski definition) is 4. The molecule has 0 aliphatic heterocycles. The molecule has 160 valence electrons. The van der Waals surface area contributed by atoms with E-state index in [9.17, 15) is 18.4 Å². The van der Waals surface area contributed by atoms with Crippen LogP contribution in [0.1, 0.15) is 36.8 Å². The van der Waals surface area contributed by atoms with E-state index in [2.05, 4.69) is 10.1 Å². The molecule has 0 aromatic heterocycles. The lowest BCUT2D eigenvalue weighted by Crippen LogP contribution is -2.38. The minimum atomic E-state index is -2.86. The molecule has 7 heteroatoms. The van der Waals surface area contributed by atoms with Crippen molar-refractivity contribution in [1.29, 1.82) is 0 Å². The van der Waals surface area contributed by atoms with Crippen LogP contribution in [0.3, 0.4) is 0 Å². The summed E-state index contributed by atoms with van der Waals surface area (Å²) in [5.41, 5.74) is 1.14. The molecule has 1 saturated carbocycles. The molecule has 0 heterocycles. The molecule has 1 fully saturated rings. The van der Waals surface area contributed by atoms with Crippen LogP contribution in [0.15, 0.2) is 54.6 Å². The normalized spacial score (nSPS) is 15.0. The highest BCUT2D eigenvalue weighted by atomic mass is 19.3. The van der Waals surface area contributed by atoms with Gasteiger partial charge >= 0.3 is 12.6 Å². The number of amides is 1. The van der Waals surface area contributed by atoms with E-state index in [1.54, 1.807) is 12.1 Å². The maximum atomic E-state index is 12.8. The fraction of sp³-hybridized carbons (Fsp3) is 0.391. The van der Waals surface area contributed by atoms with E-state index in [1.807, 2.05) is 30.3 Å². The summed E-state index contributed by atoms with van der Waals surface area (Å²) in [7, 11) is 0. The summed E-state index contributed by atoms with van der Waals surface area (Å²) in [6.07, 6.45) is 3.88. The second-order valence-corrected chi connectivity index (χ2v) is 7.35. The molecule has 1 N–H and O–H groups in total. The highest BCUT2D eigenvalue weighted by molar-refractivity contribution is 5.86. The molecule has 30 heavy (non-hydrogen) atoms. The summed E-state index contributed by atoms with van der Waals surface area (Å²) in [6.45, 7) is -2.84. The van der Waals surface area contributed by atoms with Gasteiger partial charge in [-0.15, -0.1) is 0 Å². The maximum absolute atomic E-state index is 12.8. The third-order valence-corrected chi connectivity index (χ3v) is 5.39. The Morgan fingerprint density at radius 2 is 1.67 bits per heavy atom. The third kappa shape index (κ3) is 5.55. The van der Waals surface area contributed by atoms with E-state index < -0.39 is 12.0 Å². The second kappa shape index (κ2) is 10.2. The average molecular weight is 417 g/mol. The number of esters is 1. The van der Waals surface area contributed by atoms with Crippen molar-refractivity contribution in [1.82, 2.24) is 5.32 Å². The van der Waals surface area contributed by atoms with E-state index in [0.29, 0.717) is 13.0 Å². The Bertz CT molecular complexity index is 834. The average Bonchev–Trinajstić information content (AvgIpc) is 3.25.